The van der Waals surface area contributed by atoms with Gasteiger partial charge in [-0.25, -0.2) is 4.79 Å². The summed E-state index contributed by atoms with van der Waals surface area (Å²) in [6.07, 6.45) is 2.95. The number of anilines is 1. The van der Waals surface area contributed by atoms with Crippen molar-refractivity contribution in [3.8, 4) is 11.1 Å². The largest absolute Gasteiger partial charge is 0.464 e. The summed E-state index contributed by atoms with van der Waals surface area (Å²) in [5.41, 5.74) is 2.85. The minimum absolute atomic E-state index is 0.139. The molecule has 0 unspecified atom stereocenters. The zero-order chi connectivity index (χ0) is 17.9. The van der Waals surface area contributed by atoms with Crippen LogP contribution in [-0.4, -0.2) is 25.2 Å². The number of amides is 2. The number of benzene rings is 2. The molecule has 5 heteroatoms. The molecule has 2 amide bonds. The van der Waals surface area contributed by atoms with Crippen molar-refractivity contribution in [2.45, 2.75) is 26.2 Å². The maximum atomic E-state index is 11.8. The van der Waals surface area contributed by atoms with Crippen LogP contribution in [0.4, 0.5) is 10.5 Å². The lowest BCUT2D eigenvalue weighted by Gasteiger charge is -2.09. The molecular weight excluding hydrogens is 316 g/mol. The van der Waals surface area contributed by atoms with Crippen molar-refractivity contribution in [2.75, 3.05) is 18.5 Å². The SMILES string of the molecule is CCCCCOC(=O)CNC(=O)Nc1ccc(-c2ccccc2)cc1. The van der Waals surface area contributed by atoms with Crippen molar-refractivity contribution in [3.05, 3.63) is 54.6 Å². The number of carbonyl (C=O) groups is 2. The molecule has 0 aromatic heterocycles. The monoisotopic (exact) mass is 340 g/mol. The molecule has 0 spiro atoms. The van der Waals surface area contributed by atoms with Gasteiger partial charge in [0.1, 0.15) is 6.54 Å². The van der Waals surface area contributed by atoms with Gasteiger partial charge in [-0.1, -0.05) is 62.2 Å². The number of urea groups is 1. The van der Waals surface area contributed by atoms with Gasteiger partial charge < -0.3 is 15.4 Å². The fourth-order valence-corrected chi connectivity index (χ4v) is 2.29. The predicted octanol–water partition coefficient (Wildman–Crippen LogP) is 4.21. The highest BCUT2D eigenvalue weighted by Gasteiger charge is 2.07. The summed E-state index contributed by atoms with van der Waals surface area (Å²) < 4.78 is 5.03. The van der Waals surface area contributed by atoms with Crippen molar-refractivity contribution in [3.63, 3.8) is 0 Å². The Labute approximate surface area is 148 Å². The molecule has 0 radical (unpaired) electrons. The number of rotatable bonds is 8. The Morgan fingerprint density at radius 1 is 0.920 bits per heavy atom. The van der Waals surface area contributed by atoms with Gasteiger partial charge in [0.05, 0.1) is 6.61 Å². The van der Waals surface area contributed by atoms with Gasteiger partial charge in [-0.15, -0.1) is 0 Å². The van der Waals surface area contributed by atoms with Crippen LogP contribution in [0.2, 0.25) is 0 Å². The lowest BCUT2D eigenvalue weighted by atomic mass is 10.1. The smallest absolute Gasteiger partial charge is 0.325 e. The lowest BCUT2D eigenvalue weighted by Crippen LogP contribution is -2.34. The average Bonchev–Trinajstić information content (AvgIpc) is 2.65. The third-order valence-corrected chi connectivity index (χ3v) is 3.65. The van der Waals surface area contributed by atoms with E-state index in [-0.39, 0.29) is 6.54 Å². The molecule has 0 aliphatic heterocycles. The molecule has 25 heavy (non-hydrogen) atoms. The Bertz CT molecular complexity index is 669. The van der Waals surface area contributed by atoms with Crippen molar-refractivity contribution in [1.82, 2.24) is 5.32 Å². The summed E-state index contributed by atoms with van der Waals surface area (Å²) in [7, 11) is 0. The molecule has 0 bridgehead atoms. The van der Waals surface area contributed by atoms with Gasteiger partial charge >= 0.3 is 12.0 Å². The van der Waals surface area contributed by atoms with Gasteiger partial charge in [0, 0.05) is 5.69 Å². The summed E-state index contributed by atoms with van der Waals surface area (Å²) in [5.74, 6) is -0.425. The van der Waals surface area contributed by atoms with E-state index in [1.807, 2.05) is 54.6 Å². The summed E-state index contributed by atoms with van der Waals surface area (Å²) in [6.45, 7) is 2.34. The first-order chi connectivity index (χ1) is 12.2. The Hall–Kier alpha value is -2.82. The Morgan fingerprint density at radius 3 is 2.28 bits per heavy atom. The van der Waals surface area contributed by atoms with Crippen LogP contribution >= 0.6 is 0 Å². The van der Waals surface area contributed by atoms with Crippen LogP contribution in [0.25, 0.3) is 11.1 Å². The summed E-state index contributed by atoms with van der Waals surface area (Å²) in [4.78, 5) is 23.3. The number of carbonyl (C=O) groups excluding carboxylic acids is 2. The summed E-state index contributed by atoms with van der Waals surface area (Å²) in [5, 5.41) is 5.19. The average molecular weight is 340 g/mol. The van der Waals surface area contributed by atoms with E-state index in [0.717, 1.165) is 30.4 Å². The second kappa shape index (κ2) is 10.1. The molecular formula is C20H24N2O3. The van der Waals surface area contributed by atoms with Crippen LogP contribution in [0.15, 0.2) is 54.6 Å². The van der Waals surface area contributed by atoms with Gasteiger partial charge in [-0.05, 0) is 29.7 Å². The van der Waals surface area contributed by atoms with E-state index in [1.165, 1.54) is 0 Å². The highest BCUT2D eigenvalue weighted by Crippen LogP contribution is 2.20. The topological polar surface area (TPSA) is 67.4 Å². The van der Waals surface area contributed by atoms with Crippen LogP contribution in [0, 0.1) is 0 Å². The third-order valence-electron chi connectivity index (χ3n) is 3.65. The highest BCUT2D eigenvalue weighted by molar-refractivity contribution is 5.91. The summed E-state index contributed by atoms with van der Waals surface area (Å²) in [6, 6.07) is 17.1. The molecule has 0 saturated carbocycles. The van der Waals surface area contributed by atoms with Crippen molar-refractivity contribution >= 4 is 17.7 Å². The minimum Gasteiger partial charge on any atom is -0.464 e. The van der Waals surface area contributed by atoms with E-state index < -0.39 is 12.0 Å². The Kier molecular flexibility index (Phi) is 7.50. The van der Waals surface area contributed by atoms with Crippen molar-refractivity contribution in [2.24, 2.45) is 0 Å². The van der Waals surface area contributed by atoms with E-state index in [9.17, 15) is 9.59 Å². The van der Waals surface area contributed by atoms with E-state index in [1.54, 1.807) is 0 Å². The second-order valence-electron chi connectivity index (χ2n) is 5.68. The van der Waals surface area contributed by atoms with Crippen LogP contribution in [-0.2, 0) is 9.53 Å². The maximum absolute atomic E-state index is 11.8. The fraction of sp³-hybridized carbons (Fsp3) is 0.300. The molecule has 2 aromatic rings. The fourth-order valence-electron chi connectivity index (χ4n) is 2.29. The first-order valence-corrected chi connectivity index (χ1v) is 8.55. The van der Waals surface area contributed by atoms with E-state index >= 15 is 0 Å². The van der Waals surface area contributed by atoms with Gasteiger partial charge in [0.15, 0.2) is 0 Å². The maximum Gasteiger partial charge on any atom is 0.325 e. The number of esters is 1. The predicted molar refractivity (Wildman–Crippen MR) is 99.4 cm³/mol. The van der Waals surface area contributed by atoms with E-state index in [2.05, 4.69) is 17.6 Å². The quantitative estimate of drug-likeness (QED) is 0.559. The number of ether oxygens (including phenoxy) is 1. The van der Waals surface area contributed by atoms with Crippen molar-refractivity contribution < 1.29 is 14.3 Å². The van der Waals surface area contributed by atoms with E-state index in [4.69, 9.17) is 4.74 Å². The van der Waals surface area contributed by atoms with Crippen LogP contribution in [0.5, 0.6) is 0 Å². The van der Waals surface area contributed by atoms with Crippen molar-refractivity contribution in [1.29, 1.82) is 0 Å². The number of unbranched alkanes of at least 4 members (excludes halogenated alkanes) is 2. The highest BCUT2D eigenvalue weighted by atomic mass is 16.5. The minimum atomic E-state index is -0.432. The van der Waals surface area contributed by atoms with Gasteiger partial charge in [-0.3, -0.25) is 4.79 Å². The molecule has 2 N–H and O–H groups in total. The van der Waals surface area contributed by atoms with Gasteiger partial charge in [0.25, 0.3) is 0 Å². The molecule has 5 nitrogen and oxygen atoms in total. The number of nitrogens with one attached hydrogen (secondary N) is 2. The zero-order valence-corrected chi connectivity index (χ0v) is 14.5. The molecule has 132 valence electrons. The molecule has 2 rings (SSSR count). The van der Waals surface area contributed by atoms with Crippen LogP contribution < -0.4 is 10.6 Å². The molecule has 0 aliphatic carbocycles. The normalized spacial score (nSPS) is 10.1. The molecule has 0 saturated heterocycles. The Morgan fingerprint density at radius 2 is 1.60 bits per heavy atom. The number of hydrogen-bond donors (Lipinski definition) is 2. The number of hydrogen-bond acceptors (Lipinski definition) is 3. The van der Waals surface area contributed by atoms with Gasteiger partial charge in [-0.2, -0.15) is 0 Å². The van der Waals surface area contributed by atoms with Crippen LogP contribution in [0.3, 0.4) is 0 Å². The first kappa shape index (κ1) is 18.5. The third kappa shape index (κ3) is 6.67. The van der Waals surface area contributed by atoms with E-state index in [0.29, 0.717) is 12.3 Å². The molecule has 0 heterocycles. The second-order valence-corrected chi connectivity index (χ2v) is 5.68. The molecule has 0 fully saturated rings. The summed E-state index contributed by atoms with van der Waals surface area (Å²) >= 11 is 0. The van der Waals surface area contributed by atoms with Gasteiger partial charge in [0.2, 0.25) is 0 Å². The van der Waals surface area contributed by atoms with Crippen LogP contribution in [0.1, 0.15) is 26.2 Å². The first-order valence-electron chi connectivity index (χ1n) is 8.55. The Balaban J connectivity index is 1.74. The lowest BCUT2D eigenvalue weighted by molar-refractivity contribution is -0.142. The standard InChI is InChI=1S/C20H24N2O3/c1-2-3-7-14-25-19(23)15-21-20(24)22-18-12-10-17(11-13-18)16-8-5-4-6-9-16/h4-6,8-13H,2-3,7,14-15H2,1H3,(H2,21,22,24). The zero-order valence-electron chi connectivity index (χ0n) is 14.5. The molecule has 2 aromatic carbocycles. The molecule has 0 aliphatic rings. The molecule has 0 atom stereocenters.